The number of hydrogen-bond acceptors (Lipinski definition) is 4. The average molecular weight is 336 g/mol. The molecular weight excluding hydrogens is 308 g/mol. The first-order valence-electron chi connectivity index (χ1n) is 9.69. The fourth-order valence-corrected chi connectivity index (χ4v) is 4.34. The van der Waals surface area contributed by atoms with E-state index in [0.717, 1.165) is 30.4 Å². The van der Waals surface area contributed by atoms with Gasteiger partial charge in [-0.2, -0.15) is 10.2 Å². The van der Waals surface area contributed by atoms with Gasteiger partial charge in [0.25, 0.3) is 0 Å². The maximum atomic E-state index is 4.26. The molecule has 2 aromatic rings. The fourth-order valence-electron chi connectivity index (χ4n) is 4.34. The van der Waals surface area contributed by atoms with Crippen molar-refractivity contribution in [2.45, 2.75) is 45.1 Å². The number of rotatable bonds is 3. The van der Waals surface area contributed by atoms with Crippen LogP contribution in [0.15, 0.2) is 36.5 Å². The number of anilines is 1. The molecule has 1 aromatic heterocycles. The standard InChI is InChI=1S/C21H28N4/c1-17-9-10-18(20-8-5-11-22-23-20)16-21(17)25-14-12-24(13-15-25)19-6-3-2-4-7-19/h5,8-11,16,19H,2-4,6-7,12-15H2,1H3. The lowest BCUT2D eigenvalue weighted by Crippen LogP contribution is -2.51. The van der Waals surface area contributed by atoms with Crippen molar-refractivity contribution in [2.75, 3.05) is 31.1 Å². The van der Waals surface area contributed by atoms with Gasteiger partial charge in [-0.3, -0.25) is 4.90 Å². The van der Waals surface area contributed by atoms with Gasteiger partial charge < -0.3 is 4.90 Å². The van der Waals surface area contributed by atoms with Crippen molar-refractivity contribution in [3.05, 3.63) is 42.1 Å². The first-order chi connectivity index (χ1) is 12.3. The Morgan fingerprint density at radius 1 is 0.960 bits per heavy atom. The number of hydrogen-bond donors (Lipinski definition) is 0. The minimum absolute atomic E-state index is 0.836. The summed E-state index contributed by atoms with van der Waals surface area (Å²) in [5, 5.41) is 8.28. The smallest absolute Gasteiger partial charge is 0.0930 e. The topological polar surface area (TPSA) is 32.3 Å². The molecule has 0 amide bonds. The van der Waals surface area contributed by atoms with Crippen LogP contribution in [0.5, 0.6) is 0 Å². The highest BCUT2D eigenvalue weighted by molar-refractivity contribution is 5.68. The van der Waals surface area contributed by atoms with Gasteiger partial charge in [-0.05, 0) is 43.5 Å². The van der Waals surface area contributed by atoms with Crippen LogP contribution in [-0.4, -0.2) is 47.3 Å². The van der Waals surface area contributed by atoms with Gasteiger partial charge in [-0.25, -0.2) is 0 Å². The molecule has 1 saturated carbocycles. The largest absolute Gasteiger partial charge is 0.369 e. The van der Waals surface area contributed by atoms with Gasteiger partial charge >= 0.3 is 0 Å². The maximum Gasteiger partial charge on any atom is 0.0930 e. The van der Waals surface area contributed by atoms with E-state index in [0.29, 0.717) is 0 Å². The third kappa shape index (κ3) is 3.69. The molecule has 1 aliphatic carbocycles. The second kappa shape index (κ2) is 7.52. The highest BCUT2D eigenvalue weighted by Crippen LogP contribution is 2.29. The van der Waals surface area contributed by atoms with Gasteiger partial charge in [-0.15, -0.1) is 0 Å². The van der Waals surface area contributed by atoms with Crippen molar-refractivity contribution in [2.24, 2.45) is 0 Å². The van der Waals surface area contributed by atoms with E-state index in [1.165, 1.54) is 56.4 Å². The SMILES string of the molecule is Cc1ccc(-c2cccnn2)cc1N1CCN(C2CCCCC2)CC1. The number of benzene rings is 1. The first-order valence-corrected chi connectivity index (χ1v) is 9.69. The summed E-state index contributed by atoms with van der Waals surface area (Å²) >= 11 is 0. The Hall–Kier alpha value is -1.94. The molecule has 4 heteroatoms. The highest BCUT2D eigenvalue weighted by atomic mass is 15.3. The zero-order valence-electron chi connectivity index (χ0n) is 15.2. The molecule has 2 aliphatic rings. The van der Waals surface area contributed by atoms with Crippen LogP contribution in [0.25, 0.3) is 11.3 Å². The molecular formula is C21H28N4. The summed E-state index contributed by atoms with van der Waals surface area (Å²) in [4.78, 5) is 5.28. The third-order valence-electron chi connectivity index (χ3n) is 5.82. The second-order valence-electron chi connectivity index (χ2n) is 7.43. The number of piperazine rings is 1. The zero-order valence-corrected chi connectivity index (χ0v) is 15.2. The molecule has 4 rings (SSSR count). The Kier molecular flexibility index (Phi) is 4.97. The van der Waals surface area contributed by atoms with E-state index in [1.54, 1.807) is 6.20 Å². The summed E-state index contributed by atoms with van der Waals surface area (Å²) < 4.78 is 0. The van der Waals surface area contributed by atoms with Crippen molar-refractivity contribution in [1.82, 2.24) is 15.1 Å². The maximum absolute atomic E-state index is 4.26. The lowest BCUT2D eigenvalue weighted by molar-refractivity contribution is 0.148. The van der Waals surface area contributed by atoms with Gasteiger partial charge in [0.2, 0.25) is 0 Å². The van der Waals surface area contributed by atoms with Gasteiger partial charge in [0.05, 0.1) is 5.69 Å². The molecule has 0 spiro atoms. The number of aromatic nitrogens is 2. The average Bonchev–Trinajstić information content (AvgIpc) is 2.70. The predicted molar refractivity (Wildman–Crippen MR) is 103 cm³/mol. The molecule has 25 heavy (non-hydrogen) atoms. The fraction of sp³-hybridized carbons (Fsp3) is 0.524. The predicted octanol–water partition coefficient (Wildman–Crippen LogP) is 3.91. The van der Waals surface area contributed by atoms with Crippen molar-refractivity contribution < 1.29 is 0 Å². The molecule has 4 nitrogen and oxygen atoms in total. The Morgan fingerprint density at radius 2 is 1.76 bits per heavy atom. The van der Waals surface area contributed by atoms with Crippen LogP contribution >= 0.6 is 0 Å². The summed E-state index contributed by atoms with van der Waals surface area (Å²) in [5.74, 6) is 0. The van der Waals surface area contributed by atoms with Crippen LogP contribution in [0, 0.1) is 6.92 Å². The van der Waals surface area contributed by atoms with Crippen molar-refractivity contribution in [3.8, 4) is 11.3 Å². The van der Waals surface area contributed by atoms with Crippen LogP contribution in [0.3, 0.4) is 0 Å². The van der Waals surface area contributed by atoms with Crippen LogP contribution in [0.1, 0.15) is 37.7 Å². The van der Waals surface area contributed by atoms with Crippen LogP contribution in [-0.2, 0) is 0 Å². The van der Waals surface area contributed by atoms with E-state index in [1.807, 2.05) is 12.1 Å². The van der Waals surface area contributed by atoms with Gasteiger partial charge in [0, 0.05) is 49.7 Å². The number of aryl methyl sites for hydroxylation is 1. The molecule has 0 atom stereocenters. The molecule has 0 radical (unpaired) electrons. The van der Waals surface area contributed by atoms with E-state index < -0.39 is 0 Å². The van der Waals surface area contributed by atoms with Crippen LogP contribution in [0.4, 0.5) is 5.69 Å². The van der Waals surface area contributed by atoms with E-state index in [9.17, 15) is 0 Å². The minimum atomic E-state index is 0.836. The summed E-state index contributed by atoms with van der Waals surface area (Å²) in [5.41, 5.74) is 4.80. The summed E-state index contributed by atoms with van der Waals surface area (Å²) in [6, 6.07) is 11.5. The molecule has 2 heterocycles. The van der Waals surface area contributed by atoms with E-state index in [4.69, 9.17) is 0 Å². The van der Waals surface area contributed by atoms with E-state index in [-0.39, 0.29) is 0 Å². The summed E-state index contributed by atoms with van der Waals surface area (Å²) in [6.45, 7) is 6.85. The van der Waals surface area contributed by atoms with Crippen molar-refractivity contribution in [3.63, 3.8) is 0 Å². The van der Waals surface area contributed by atoms with Gasteiger partial charge in [0.15, 0.2) is 0 Å². The van der Waals surface area contributed by atoms with E-state index >= 15 is 0 Å². The Labute approximate surface area is 150 Å². The first kappa shape index (κ1) is 16.5. The Bertz CT molecular complexity index is 686. The summed E-state index contributed by atoms with van der Waals surface area (Å²) in [6.07, 6.45) is 8.81. The molecule has 0 bridgehead atoms. The molecule has 2 fully saturated rings. The Morgan fingerprint density at radius 3 is 2.48 bits per heavy atom. The van der Waals surface area contributed by atoms with Crippen LogP contribution in [0.2, 0.25) is 0 Å². The second-order valence-corrected chi connectivity index (χ2v) is 7.43. The lowest BCUT2D eigenvalue weighted by atomic mass is 9.93. The van der Waals surface area contributed by atoms with Crippen LogP contribution < -0.4 is 4.90 Å². The molecule has 132 valence electrons. The van der Waals surface area contributed by atoms with Crippen molar-refractivity contribution in [1.29, 1.82) is 0 Å². The number of nitrogens with zero attached hydrogens (tertiary/aromatic N) is 4. The van der Waals surface area contributed by atoms with E-state index in [2.05, 4.69) is 45.1 Å². The molecule has 1 aliphatic heterocycles. The van der Waals surface area contributed by atoms with Gasteiger partial charge in [-0.1, -0.05) is 31.4 Å². The van der Waals surface area contributed by atoms with Crippen molar-refractivity contribution >= 4 is 5.69 Å². The third-order valence-corrected chi connectivity index (χ3v) is 5.82. The molecule has 0 unspecified atom stereocenters. The zero-order chi connectivity index (χ0) is 17.1. The molecule has 1 saturated heterocycles. The quantitative estimate of drug-likeness (QED) is 0.851. The Balaban J connectivity index is 1.47. The normalized spacial score (nSPS) is 20.0. The monoisotopic (exact) mass is 336 g/mol. The lowest BCUT2D eigenvalue weighted by Gasteiger charge is -2.42. The summed E-state index contributed by atoms with van der Waals surface area (Å²) in [7, 11) is 0. The van der Waals surface area contributed by atoms with Gasteiger partial charge in [0.1, 0.15) is 0 Å². The highest BCUT2D eigenvalue weighted by Gasteiger charge is 2.25. The molecule has 0 N–H and O–H groups in total. The minimum Gasteiger partial charge on any atom is -0.369 e. The molecule has 1 aromatic carbocycles.